The van der Waals surface area contributed by atoms with Crippen LogP contribution in [0.15, 0.2) is 40.2 Å². The molecule has 0 aliphatic heterocycles. The van der Waals surface area contributed by atoms with Gasteiger partial charge in [-0.2, -0.15) is 0 Å². The summed E-state index contributed by atoms with van der Waals surface area (Å²) in [6, 6.07) is 5.83. The second-order valence-corrected chi connectivity index (χ2v) is 5.79. The highest BCUT2D eigenvalue weighted by Gasteiger charge is 2.12. The summed E-state index contributed by atoms with van der Waals surface area (Å²) in [5.74, 6) is 0. The summed E-state index contributed by atoms with van der Waals surface area (Å²) in [7, 11) is 0. The maximum absolute atomic E-state index is 12.7. The van der Waals surface area contributed by atoms with Gasteiger partial charge in [0.1, 0.15) is 0 Å². The van der Waals surface area contributed by atoms with E-state index >= 15 is 0 Å². The summed E-state index contributed by atoms with van der Waals surface area (Å²) in [5, 5.41) is 4.21. The molecule has 2 heterocycles. The van der Waals surface area contributed by atoms with Crippen molar-refractivity contribution in [2.24, 2.45) is 0 Å². The molecule has 2 aromatic heterocycles. The molecule has 0 fully saturated rings. The van der Waals surface area contributed by atoms with Gasteiger partial charge in [0, 0.05) is 24.6 Å². The lowest BCUT2D eigenvalue weighted by Gasteiger charge is -2.08. The van der Waals surface area contributed by atoms with E-state index < -0.39 is 0 Å². The van der Waals surface area contributed by atoms with E-state index in [1.165, 1.54) is 19.2 Å². The van der Waals surface area contributed by atoms with Crippen molar-refractivity contribution in [3.05, 3.63) is 62.6 Å². The molecule has 0 bridgehead atoms. The molecular formula is C17H20N4O2. The number of unbranched alkanes of at least 4 members (excludes halogenated alkanes) is 1. The first-order valence-electron chi connectivity index (χ1n) is 7.81. The Morgan fingerprint density at radius 2 is 1.87 bits per heavy atom. The number of aryl methyl sites for hydroxylation is 3. The van der Waals surface area contributed by atoms with Gasteiger partial charge in [-0.15, -0.1) is 5.10 Å². The number of nitrogens with zero attached hydrogens (tertiary/aromatic N) is 4. The van der Waals surface area contributed by atoms with E-state index in [9.17, 15) is 9.59 Å². The van der Waals surface area contributed by atoms with Crippen LogP contribution in [0.4, 0.5) is 0 Å². The molecule has 23 heavy (non-hydrogen) atoms. The normalized spacial score (nSPS) is 11.3. The van der Waals surface area contributed by atoms with E-state index in [1.54, 1.807) is 12.4 Å². The van der Waals surface area contributed by atoms with E-state index in [4.69, 9.17) is 0 Å². The van der Waals surface area contributed by atoms with E-state index in [2.05, 4.69) is 5.10 Å². The molecule has 0 amide bonds. The van der Waals surface area contributed by atoms with Gasteiger partial charge in [-0.05, 0) is 43.5 Å². The number of hydrogen-bond acceptors (Lipinski definition) is 3. The predicted octanol–water partition coefficient (Wildman–Crippen LogP) is 2.06. The molecule has 0 atom stereocenters. The fraction of sp³-hybridized carbons (Fsp3) is 0.353. The molecule has 1 aromatic carbocycles. The molecule has 0 spiro atoms. The van der Waals surface area contributed by atoms with Gasteiger partial charge in [0.05, 0.1) is 0 Å². The van der Waals surface area contributed by atoms with Crippen LogP contribution in [0.2, 0.25) is 0 Å². The van der Waals surface area contributed by atoms with Gasteiger partial charge >= 0.3 is 11.2 Å². The van der Waals surface area contributed by atoms with Gasteiger partial charge in [-0.3, -0.25) is 9.36 Å². The molecule has 0 aliphatic carbocycles. The van der Waals surface area contributed by atoms with Crippen molar-refractivity contribution in [3.8, 4) is 5.69 Å². The highest BCUT2D eigenvalue weighted by molar-refractivity contribution is 5.43. The van der Waals surface area contributed by atoms with E-state index in [-0.39, 0.29) is 16.9 Å². The summed E-state index contributed by atoms with van der Waals surface area (Å²) >= 11 is 0. The van der Waals surface area contributed by atoms with Crippen LogP contribution in [0, 0.1) is 13.8 Å². The highest BCUT2D eigenvalue weighted by atomic mass is 16.2. The lowest BCUT2D eigenvalue weighted by atomic mass is 10.1. The standard InChI is InChI=1S/C17H20N4O2/c1-4-5-8-21-17(23)20-10-9-19(16(22)15(20)18-21)14-7-6-12(2)13(3)11-14/h6-7,9-11H,4-5,8H2,1-3H3. The average molecular weight is 312 g/mol. The van der Waals surface area contributed by atoms with Crippen LogP contribution in [0.25, 0.3) is 11.3 Å². The van der Waals surface area contributed by atoms with Crippen LogP contribution in [0.5, 0.6) is 0 Å². The molecule has 0 aliphatic rings. The van der Waals surface area contributed by atoms with Crippen molar-refractivity contribution in [1.29, 1.82) is 0 Å². The first kappa shape index (κ1) is 15.3. The minimum Gasteiger partial charge on any atom is -0.280 e. The predicted molar refractivity (Wildman–Crippen MR) is 89.4 cm³/mol. The fourth-order valence-electron chi connectivity index (χ4n) is 2.54. The highest BCUT2D eigenvalue weighted by Crippen LogP contribution is 2.12. The quantitative estimate of drug-likeness (QED) is 0.741. The lowest BCUT2D eigenvalue weighted by molar-refractivity contribution is 0.554. The van der Waals surface area contributed by atoms with Gasteiger partial charge in [0.2, 0.25) is 5.65 Å². The number of aromatic nitrogens is 4. The molecule has 0 N–H and O–H groups in total. The minimum absolute atomic E-state index is 0.159. The summed E-state index contributed by atoms with van der Waals surface area (Å²) in [6.45, 7) is 6.61. The third kappa shape index (κ3) is 2.60. The SMILES string of the molecule is CCCCn1nc2c(=O)n(-c3ccc(C)c(C)c3)ccn2c1=O. The Balaban J connectivity index is 2.17. The Morgan fingerprint density at radius 1 is 1.09 bits per heavy atom. The average Bonchev–Trinajstić information content (AvgIpc) is 2.86. The Morgan fingerprint density at radius 3 is 2.57 bits per heavy atom. The topological polar surface area (TPSA) is 61.3 Å². The molecule has 120 valence electrons. The van der Waals surface area contributed by atoms with Gasteiger partial charge in [-0.1, -0.05) is 19.4 Å². The third-order valence-corrected chi connectivity index (χ3v) is 4.14. The van der Waals surface area contributed by atoms with Gasteiger partial charge in [0.25, 0.3) is 0 Å². The van der Waals surface area contributed by atoms with Crippen LogP contribution < -0.4 is 11.2 Å². The summed E-state index contributed by atoms with van der Waals surface area (Å²) < 4.78 is 4.21. The van der Waals surface area contributed by atoms with E-state index in [1.807, 2.05) is 39.0 Å². The molecule has 0 unspecified atom stereocenters. The van der Waals surface area contributed by atoms with Crippen molar-refractivity contribution in [2.45, 2.75) is 40.2 Å². The second-order valence-electron chi connectivity index (χ2n) is 5.79. The first-order chi connectivity index (χ1) is 11.0. The molecular weight excluding hydrogens is 292 g/mol. The molecule has 3 rings (SSSR count). The largest absolute Gasteiger partial charge is 0.350 e. The van der Waals surface area contributed by atoms with E-state index in [0.29, 0.717) is 6.54 Å². The third-order valence-electron chi connectivity index (χ3n) is 4.14. The zero-order valence-corrected chi connectivity index (χ0v) is 13.6. The van der Waals surface area contributed by atoms with Gasteiger partial charge < -0.3 is 0 Å². The maximum Gasteiger partial charge on any atom is 0.350 e. The van der Waals surface area contributed by atoms with Crippen LogP contribution in [0.1, 0.15) is 30.9 Å². The second kappa shape index (κ2) is 5.87. The van der Waals surface area contributed by atoms with Crippen LogP contribution in [0.3, 0.4) is 0 Å². The van der Waals surface area contributed by atoms with Crippen LogP contribution >= 0.6 is 0 Å². The molecule has 3 aromatic rings. The van der Waals surface area contributed by atoms with Gasteiger partial charge in [-0.25, -0.2) is 13.9 Å². The molecule has 0 saturated heterocycles. The Labute approximate surface area is 133 Å². The Bertz CT molecular complexity index is 978. The van der Waals surface area contributed by atoms with Crippen LogP contribution in [-0.2, 0) is 6.54 Å². The van der Waals surface area contributed by atoms with Crippen molar-refractivity contribution in [1.82, 2.24) is 18.7 Å². The fourth-order valence-corrected chi connectivity index (χ4v) is 2.54. The summed E-state index contributed by atoms with van der Waals surface area (Å²) in [6.07, 6.45) is 5.04. The first-order valence-corrected chi connectivity index (χ1v) is 7.81. The number of benzene rings is 1. The molecule has 6 heteroatoms. The Hall–Kier alpha value is -2.63. The summed E-state index contributed by atoms with van der Waals surface area (Å²) in [5.41, 5.74) is 2.66. The molecule has 0 saturated carbocycles. The van der Waals surface area contributed by atoms with Crippen molar-refractivity contribution in [2.75, 3.05) is 0 Å². The smallest absolute Gasteiger partial charge is 0.280 e. The van der Waals surface area contributed by atoms with E-state index in [0.717, 1.165) is 24.1 Å². The Kier molecular flexibility index (Phi) is 3.90. The van der Waals surface area contributed by atoms with Crippen LogP contribution in [-0.4, -0.2) is 18.7 Å². The molecule has 0 radical (unpaired) electrons. The maximum atomic E-state index is 12.7. The monoisotopic (exact) mass is 312 g/mol. The zero-order chi connectivity index (χ0) is 16.6. The molecule has 6 nitrogen and oxygen atoms in total. The lowest BCUT2D eigenvalue weighted by Crippen LogP contribution is -2.24. The number of hydrogen-bond donors (Lipinski definition) is 0. The zero-order valence-electron chi connectivity index (χ0n) is 13.6. The minimum atomic E-state index is -0.289. The number of rotatable bonds is 4. The van der Waals surface area contributed by atoms with Crippen molar-refractivity contribution < 1.29 is 0 Å². The van der Waals surface area contributed by atoms with Crippen molar-refractivity contribution in [3.63, 3.8) is 0 Å². The number of fused-ring (bicyclic) bond motifs is 1. The van der Waals surface area contributed by atoms with Gasteiger partial charge in [0.15, 0.2) is 0 Å². The summed E-state index contributed by atoms with van der Waals surface area (Å²) in [4.78, 5) is 24.9. The van der Waals surface area contributed by atoms with Crippen molar-refractivity contribution >= 4 is 5.65 Å².